The molecule has 2 heterocycles. The van der Waals surface area contributed by atoms with Crippen LogP contribution in [0.3, 0.4) is 0 Å². The van der Waals surface area contributed by atoms with Gasteiger partial charge in [0.05, 0.1) is 16.0 Å². The molecule has 2 rings (SSSR count). The molecule has 6 heteroatoms. The van der Waals surface area contributed by atoms with Crippen LogP contribution in [0.1, 0.15) is 49.5 Å². The Hall–Kier alpha value is -0.780. The highest BCUT2D eigenvalue weighted by molar-refractivity contribution is 7.99. The number of amides is 1. The van der Waals surface area contributed by atoms with Crippen LogP contribution in [0, 0.1) is 6.92 Å². The first-order chi connectivity index (χ1) is 10.9. The van der Waals surface area contributed by atoms with E-state index >= 15 is 0 Å². The molecule has 0 bridgehead atoms. The monoisotopic (exact) mass is 355 g/mol. The molecule has 1 atom stereocenters. The zero-order chi connectivity index (χ0) is 17.0. The normalized spacial score (nSPS) is 19.3. The summed E-state index contributed by atoms with van der Waals surface area (Å²) in [5.41, 5.74) is 1.18. The average Bonchev–Trinajstić information content (AvgIpc) is 2.50. The summed E-state index contributed by atoms with van der Waals surface area (Å²) in [7, 11) is 0. The molecule has 23 heavy (non-hydrogen) atoms. The Labute approximate surface area is 148 Å². The molecule has 0 aromatic carbocycles. The summed E-state index contributed by atoms with van der Waals surface area (Å²) >= 11 is 8.04. The molecule has 1 aromatic rings. The van der Waals surface area contributed by atoms with Crippen LogP contribution >= 0.6 is 23.4 Å². The molecule has 1 saturated heterocycles. The number of piperidine rings is 1. The number of hydrogen-bond donors (Lipinski definition) is 1. The Morgan fingerprint density at radius 1 is 1.48 bits per heavy atom. The van der Waals surface area contributed by atoms with Gasteiger partial charge in [0.15, 0.2) is 0 Å². The summed E-state index contributed by atoms with van der Waals surface area (Å²) < 4.78 is 0. The number of halogens is 1. The predicted octanol–water partition coefficient (Wildman–Crippen LogP) is 3.73. The molecular formula is C17H26ClN3OS. The fourth-order valence-electron chi connectivity index (χ4n) is 2.92. The second kappa shape index (κ2) is 7.86. The van der Waals surface area contributed by atoms with Gasteiger partial charge in [-0.05, 0) is 44.9 Å². The molecule has 0 aliphatic carbocycles. The number of thioether (sulfide) groups is 1. The number of aromatic nitrogens is 1. The van der Waals surface area contributed by atoms with Crippen molar-refractivity contribution in [2.75, 3.05) is 18.8 Å². The fourth-order valence-corrected chi connectivity index (χ4v) is 3.98. The summed E-state index contributed by atoms with van der Waals surface area (Å²) in [5, 5.41) is 4.27. The number of carbonyl (C=O) groups is 1. The topological polar surface area (TPSA) is 45.2 Å². The summed E-state index contributed by atoms with van der Waals surface area (Å²) in [6, 6.07) is 0. The molecule has 0 spiro atoms. The van der Waals surface area contributed by atoms with Gasteiger partial charge >= 0.3 is 0 Å². The van der Waals surface area contributed by atoms with Crippen LogP contribution in [0.15, 0.2) is 12.4 Å². The third-order valence-corrected chi connectivity index (χ3v) is 6.13. The van der Waals surface area contributed by atoms with E-state index in [1.54, 1.807) is 12.4 Å². The zero-order valence-electron chi connectivity index (χ0n) is 14.4. The van der Waals surface area contributed by atoms with Crippen molar-refractivity contribution in [2.24, 2.45) is 0 Å². The van der Waals surface area contributed by atoms with Crippen molar-refractivity contribution in [2.45, 2.75) is 51.4 Å². The van der Waals surface area contributed by atoms with Gasteiger partial charge in [-0.15, -0.1) is 11.8 Å². The van der Waals surface area contributed by atoms with Crippen molar-refractivity contribution in [1.82, 2.24) is 15.2 Å². The van der Waals surface area contributed by atoms with E-state index in [-0.39, 0.29) is 11.4 Å². The number of rotatable bonds is 5. The Morgan fingerprint density at radius 3 is 2.74 bits per heavy atom. The van der Waals surface area contributed by atoms with Gasteiger partial charge in [0.1, 0.15) is 0 Å². The van der Waals surface area contributed by atoms with Gasteiger partial charge in [-0.3, -0.25) is 14.7 Å². The molecule has 0 radical (unpaired) electrons. The van der Waals surface area contributed by atoms with Gasteiger partial charge in [0.25, 0.3) is 5.91 Å². The van der Waals surface area contributed by atoms with Crippen molar-refractivity contribution in [3.8, 4) is 0 Å². The second-order valence-electron chi connectivity index (χ2n) is 6.40. The quantitative estimate of drug-likeness (QED) is 0.874. The van der Waals surface area contributed by atoms with E-state index in [1.165, 1.54) is 0 Å². The van der Waals surface area contributed by atoms with E-state index < -0.39 is 0 Å². The third-order valence-electron chi connectivity index (χ3n) is 4.64. The molecule has 1 unspecified atom stereocenters. The van der Waals surface area contributed by atoms with E-state index in [0.717, 1.165) is 37.2 Å². The molecule has 0 saturated carbocycles. The SMILES string of the molecule is CCSC(C)N1CCC(C)(NC(=O)c2cncc(Cl)c2C)CC1. The Morgan fingerprint density at radius 2 is 2.13 bits per heavy atom. The van der Waals surface area contributed by atoms with Gasteiger partial charge in [0, 0.05) is 31.0 Å². The Bertz CT molecular complexity index is 559. The number of carbonyl (C=O) groups excluding carboxylic acids is 1. The van der Waals surface area contributed by atoms with E-state index in [1.807, 2.05) is 18.7 Å². The van der Waals surface area contributed by atoms with Gasteiger partial charge in [0.2, 0.25) is 0 Å². The standard InChI is InChI=1S/C17H26ClN3OS/c1-5-23-13(3)21-8-6-17(4,7-9-21)20-16(22)14-10-19-11-15(18)12(14)2/h10-11,13H,5-9H2,1-4H3,(H,20,22). The van der Waals surface area contributed by atoms with Crippen LogP contribution in [-0.4, -0.2) is 45.5 Å². The van der Waals surface area contributed by atoms with E-state index in [0.29, 0.717) is 16.0 Å². The molecule has 1 N–H and O–H groups in total. The van der Waals surface area contributed by atoms with Crippen LogP contribution in [0.5, 0.6) is 0 Å². The van der Waals surface area contributed by atoms with Crippen LogP contribution in [-0.2, 0) is 0 Å². The van der Waals surface area contributed by atoms with Crippen LogP contribution in [0.2, 0.25) is 5.02 Å². The first-order valence-corrected chi connectivity index (χ1v) is 9.57. The Balaban J connectivity index is 1.98. The van der Waals surface area contributed by atoms with Crippen molar-refractivity contribution in [3.63, 3.8) is 0 Å². The minimum atomic E-state index is -0.168. The van der Waals surface area contributed by atoms with Crippen LogP contribution < -0.4 is 5.32 Å². The maximum absolute atomic E-state index is 12.6. The van der Waals surface area contributed by atoms with Gasteiger partial charge in [-0.1, -0.05) is 18.5 Å². The first-order valence-electron chi connectivity index (χ1n) is 8.14. The number of nitrogens with one attached hydrogen (secondary N) is 1. The van der Waals surface area contributed by atoms with E-state index in [9.17, 15) is 4.79 Å². The van der Waals surface area contributed by atoms with Gasteiger partial charge in [-0.2, -0.15) is 0 Å². The predicted molar refractivity (Wildman–Crippen MR) is 98.3 cm³/mol. The van der Waals surface area contributed by atoms with Crippen molar-refractivity contribution in [3.05, 3.63) is 28.5 Å². The first kappa shape index (κ1) is 18.6. The van der Waals surface area contributed by atoms with Crippen molar-refractivity contribution < 1.29 is 4.79 Å². The molecule has 1 aliphatic heterocycles. The lowest BCUT2D eigenvalue weighted by Gasteiger charge is -2.42. The second-order valence-corrected chi connectivity index (χ2v) is 8.40. The third kappa shape index (κ3) is 4.61. The largest absolute Gasteiger partial charge is 0.347 e. The zero-order valence-corrected chi connectivity index (χ0v) is 15.9. The summed E-state index contributed by atoms with van der Waals surface area (Å²) in [6.07, 6.45) is 5.08. The molecule has 4 nitrogen and oxygen atoms in total. The molecule has 1 fully saturated rings. The Kier molecular flexibility index (Phi) is 6.34. The molecule has 1 amide bonds. The molecule has 1 aliphatic rings. The van der Waals surface area contributed by atoms with Crippen molar-refractivity contribution >= 4 is 29.3 Å². The van der Waals surface area contributed by atoms with Gasteiger partial charge < -0.3 is 5.32 Å². The van der Waals surface area contributed by atoms with E-state index in [2.05, 4.69) is 36.0 Å². The minimum absolute atomic E-state index is 0.0792. The maximum Gasteiger partial charge on any atom is 0.253 e. The fraction of sp³-hybridized carbons (Fsp3) is 0.647. The molecule has 128 valence electrons. The number of likely N-dealkylation sites (tertiary alicyclic amines) is 1. The highest BCUT2D eigenvalue weighted by atomic mass is 35.5. The lowest BCUT2D eigenvalue weighted by atomic mass is 9.89. The number of hydrogen-bond acceptors (Lipinski definition) is 4. The van der Waals surface area contributed by atoms with Crippen LogP contribution in [0.4, 0.5) is 0 Å². The maximum atomic E-state index is 12.6. The molecular weight excluding hydrogens is 330 g/mol. The van der Waals surface area contributed by atoms with Gasteiger partial charge in [-0.25, -0.2) is 0 Å². The highest BCUT2D eigenvalue weighted by Gasteiger charge is 2.33. The highest BCUT2D eigenvalue weighted by Crippen LogP contribution is 2.27. The lowest BCUT2D eigenvalue weighted by molar-refractivity contribution is 0.0829. The van der Waals surface area contributed by atoms with Crippen LogP contribution in [0.25, 0.3) is 0 Å². The van der Waals surface area contributed by atoms with Crippen molar-refractivity contribution in [1.29, 1.82) is 0 Å². The number of pyridine rings is 1. The average molecular weight is 356 g/mol. The smallest absolute Gasteiger partial charge is 0.253 e. The summed E-state index contributed by atoms with van der Waals surface area (Å²) in [6.45, 7) is 10.5. The lowest BCUT2D eigenvalue weighted by Crippen LogP contribution is -2.54. The summed E-state index contributed by atoms with van der Waals surface area (Å²) in [4.78, 5) is 19.1. The number of nitrogens with zero attached hydrogens (tertiary/aromatic N) is 2. The minimum Gasteiger partial charge on any atom is -0.347 e. The van der Waals surface area contributed by atoms with E-state index in [4.69, 9.17) is 11.6 Å². The molecule has 1 aromatic heterocycles. The summed E-state index contributed by atoms with van der Waals surface area (Å²) in [5.74, 6) is 1.05.